The van der Waals surface area contributed by atoms with Crippen LogP contribution in [0.25, 0.3) is 0 Å². The number of nitrogens with zero attached hydrogens (tertiary/aromatic N) is 4. The molecule has 3 atom stereocenters. The molecule has 1 aromatic heterocycles. The van der Waals surface area contributed by atoms with Gasteiger partial charge < -0.3 is 16.0 Å². The molecule has 1 spiro atoms. The number of benzene rings is 2. The van der Waals surface area contributed by atoms with Crippen LogP contribution in [0.1, 0.15) is 33.5 Å². The number of rotatable bonds is 3. The largest absolute Gasteiger partial charge is 0.416 e. The Balaban J connectivity index is 1.30. The number of nitrogens with one attached hydrogen (secondary N) is 1. The van der Waals surface area contributed by atoms with Gasteiger partial charge in [-0.15, -0.1) is 0 Å². The third-order valence-corrected chi connectivity index (χ3v) is 7.76. The van der Waals surface area contributed by atoms with Crippen LogP contribution in [0.5, 0.6) is 0 Å². The van der Waals surface area contributed by atoms with Gasteiger partial charge in [-0.1, -0.05) is 11.8 Å². The predicted molar refractivity (Wildman–Crippen MR) is 133 cm³/mol. The third-order valence-electron chi connectivity index (χ3n) is 7.76. The molecule has 3 heterocycles. The number of hydrogen-bond donors (Lipinski definition) is 2. The first-order chi connectivity index (χ1) is 18.1. The van der Waals surface area contributed by atoms with Crippen molar-refractivity contribution in [3.8, 4) is 11.8 Å². The van der Waals surface area contributed by atoms with Crippen molar-refractivity contribution in [3.05, 3.63) is 76.9 Å². The molecule has 11 heteroatoms. The lowest BCUT2D eigenvalue weighted by atomic mass is 9.93. The lowest BCUT2D eigenvalue weighted by molar-refractivity contribution is -0.137. The van der Waals surface area contributed by atoms with Gasteiger partial charge in [0, 0.05) is 36.6 Å². The van der Waals surface area contributed by atoms with E-state index in [1.165, 1.54) is 30.6 Å². The van der Waals surface area contributed by atoms with E-state index >= 15 is 0 Å². The summed E-state index contributed by atoms with van der Waals surface area (Å²) in [5.41, 5.74) is 5.58. The molecule has 3 fully saturated rings. The number of halogens is 4. The van der Waals surface area contributed by atoms with E-state index in [0.717, 1.165) is 31.2 Å². The molecule has 2 aromatic carbocycles. The summed E-state index contributed by atoms with van der Waals surface area (Å²) < 4.78 is 55.3. The summed E-state index contributed by atoms with van der Waals surface area (Å²) in [6.07, 6.45) is -0.688. The summed E-state index contributed by atoms with van der Waals surface area (Å²) in [6, 6.07) is 7.23. The van der Waals surface area contributed by atoms with E-state index in [1.807, 2.05) is 7.05 Å². The smallest absolute Gasteiger partial charge is 0.368 e. The zero-order valence-electron chi connectivity index (χ0n) is 20.2. The first kappa shape index (κ1) is 24.2. The van der Waals surface area contributed by atoms with E-state index in [9.17, 15) is 22.4 Å². The van der Waals surface area contributed by atoms with E-state index in [1.54, 1.807) is 0 Å². The van der Waals surface area contributed by atoms with E-state index < -0.39 is 23.5 Å². The van der Waals surface area contributed by atoms with Gasteiger partial charge in [-0.05, 0) is 55.8 Å². The Bertz CT molecular complexity index is 1510. The number of anilines is 3. The maximum atomic E-state index is 14.7. The molecular weight excluding hydrogens is 500 g/mol. The van der Waals surface area contributed by atoms with E-state index in [4.69, 9.17) is 5.73 Å². The zero-order valence-corrected chi connectivity index (χ0v) is 20.2. The Morgan fingerprint density at radius 1 is 1.11 bits per heavy atom. The quantitative estimate of drug-likeness (QED) is 0.403. The second-order valence-electron chi connectivity index (χ2n) is 9.90. The van der Waals surface area contributed by atoms with Crippen LogP contribution >= 0.6 is 0 Å². The van der Waals surface area contributed by atoms with Crippen LogP contribution in [0.2, 0.25) is 0 Å². The standard InChI is InChI=1S/C27H22F4N6O/c1-36-14-23-26(36)10-18(26)13-37(23)22-7-5-17(27(29,30)31)9-21(22)35-24(38)19-8-15(4-6-20(19)28)2-3-16-11-33-25(32)34-12-16/h4-9,11-12,18,23H,10,13-14H2,1H3,(H,35,38)(H2,32,33,34). The summed E-state index contributed by atoms with van der Waals surface area (Å²) in [5, 5.41) is 2.55. The van der Waals surface area contributed by atoms with Gasteiger partial charge >= 0.3 is 6.18 Å². The fourth-order valence-corrected chi connectivity index (χ4v) is 5.74. The Labute approximate surface area is 215 Å². The number of nitrogens with two attached hydrogens (primary N) is 1. The molecular formula is C27H22F4N6O. The van der Waals surface area contributed by atoms with Gasteiger partial charge in [-0.25, -0.2) is 14.4 Å². The fraction of sp³-hybridized carbons (Fsp3) is 0.296. The summed E-state index contributed by atoms with van der Waals surface area (Å²) in [5.74, 6) is 4.45. The van der Waals surface area contributed by atoms with Crippen LogP contribution in [0.15, 0.2) is 48.8 Å². The maximum absolute atomic E-state index is 14.7. The lowest BCUT2D eigenvalue weighted by Gasteiger charge is -2.49. The van der Waals surface area contributed by atoms with E-state index in [-0.39, 0.29) is 28.8 Å². The first-order valence-corrected chi connectivity index (χ1v) is 12.0. The second kappa shape index (κ2) is 8.43. The number of amides is 1. The number of likely N-dealkylation sites (tertiary alicyclic amines) is 1. The van der Waals surface area contributed by atoms with Crippen LogP contribution in [0, 0.1) is 23.6 Å². The minimum absolute atomic E-state index is 0.00858. The van der Waals surface area contributed by atoms with E-state index in [2.05, 4.69) is 36.9 Å². The molecule has 1 saturated carbocycles. The van der Waals surface area contributed by atoms with Crippen molar-refractivity contribution in [2.45, 2.75) is 24.2 Å². The van der Waals surface area contributed by atoms with Gasteiger partial charge in [-0.2, -0.15) is 13.2 Å². The number of nitrogen functional groups attached to an aromatic ring is 1. The number of carbonyl (C=O) groups is 1. The minimum Gasteiger partial charge on any atom is -0.368 e. The Morgan fingerprint density at radius 2 is 1.84 bits per heavy atom. The third kappa shape index (κ3) is 3.92. The topological polar surface area (TPSA) is 87.4 Å². The number of hydrogen-bond acceptors (Lipinski definition) is 6. The predicted octanol–water partition coefficient (Wildman–Crippen LogP) is 3.76. The molecule has 2 aliphatic heterocycles. The highest BCUT2D eigenvalue weighted by Gasteiger charge is 2.73. The van der Waals surface area contributed by atoms with Crippen molar-refractivity contribution in [1.82, 2.24) is 14.9 Å². The van der Waals surface area contributed by atoms with Crippen molar-refractivity contribution in [2.75, 3.05) is 36.1 Å². The molecule has 0 bridgehead atoms. The average molecular weight is 523 g/mol. The number of likely N-dealkylation sites (N-methyl/N-ethyl adjacent to an activating group) is 1. The summed E-state index contributed by atoms with van der Waals surface area (Å²) in [6.45, 7) is 1.48. The first-order valence-electron chi connectivity index (χ1n) is 12.0. The van der Waals surface area contributed by atoms with Crippen molar-refractivity contribution < 1.29 is 22.4 Å². The van der Waals surface area contributed by atoms with Gasteiger partial charge in [0.2, 0.25) is 5.95 Å². The zero-order chi connectivity index (χ0) is 26.8. The molecule has 3 aromatic rings. The van der Waals surface area contributed by atoms with Gasteiger partial charge in [0.25, 0.3) is 5.91 Å². The highest BCUT2D eigenvalue weighted by molar-refractivity contribution is 6.06. The van der Waals surface area contributed by atoms with Gasteiger partial charge in [-0.3, -0.25) is 9.69 Å². The fourth-order valence-electron chi connectivity index (χ4n) is 5.74. The molecule has 0 radical (unpaired) electrons. The normalized spacial score (nSPS) is 23.6. The Hall–Kier alpha value is -4.17. The number of piperidine rings is 1. The van der Waals surface area contributed by atoms with E-state index in [0.29, 0.717) is 29.3 Å². The molecule has 1 aliphatic carbocycles. The number of carbonyl (C=O) groups excluding carboxylic acids is 1. The van der Waals surface area contributed by atoms with Crippen molar-refractivity contribution in [1.29, 1.82) is 0 Å². The molecule has 38 heavy (non-hydrogen) atoms. The average Bonchev–Trinajstić information content (AvgIpc) is 3.58. The van der Waals surface area contributed by atoms with Gasteiger partial charge in [0.15, 0.2) is 0 Å². The molecule has 1 amide bonds. The molecule has 7 nitrogen and oxygen atoms in total. The monoisotopic (exact) mass is 522 g/mol. The molecule has 194 valence electrons. The number of alkyl halides is 3. The summed E-state index contributed by atoms with van der Waals surface area (Å²) >= 11 is 0. The summed E-state index contributed by atoms with van der Waals surface area (Å²) in [7, 11) is 2.05. The van der Waals surface area contributed by atoms with Crippen LogP contribution in [-0.4, -0.2) is 52.5 Å². The Morgan fingerprint density at radius 3 is 2.53 bits per heavy atom. The van der Waals surface area contributed by atoms with Crippen LogP contribution in [0.3, 0.4) is 0 Å². The SMILES string of the molecule is CN1CC2N(c3ccc(C(F)(F)F)cc3NC(=O)c3cc(C#Cc4cnc(N)nc4)ccc3F)CC3CC321. The van der Waals surface area contributed by atoms with Gasteiger partial charge in [0.1, 0.15) is 5.82 Å². The molecule has 3 unspecified atom stereocenters. The van der Waals surface area contributed by atoms with Gasteiger partial charge in [0.05, 0.1) is 34.1 Å². The lowest BCUT2D eigenvalue weighted by Crippen LogP contribution is -2.64. The highest BCUT2D eigenvalue weighted by Crippen LogP contribution is 2.63. The summed E-state index contributed by atoms with van der Waals surface area (Å²) in [4.78, 5) is 25.2. The molecule has 6 rings (SSSR count). The van der Waals surface area contributed by atoms with Crippen molar-refractivity contribution in [3.63, 3.8) is 0 Å². The Kier molecular flexibility index (Phi) is 5.36. The van der Waals surface area contributed by atoms with Crippen molar-refractivity contribution in [2.24, 2.45) is 5.92 Å². The highest BCUT2D eigenvalue weighted by atomic mass is 19.4. The van der Waals surface area contributed by atoms with Crippen LogP contribution < -0.4 is 16.0 Å². The number of aromatic nitrogens is 2. The minimum atomic E-state index is -4.60. The van der Waals surface area contributed by atoms with Crippen LogP contribution in [0.4, 0.5) is 34.9 Å². The molecule has 2 saturated heterocycles. The van der Waals surface area contributed by atoms with Crippen LogP contribution in [-0.2, 0) is 6.18 Å². The second-order valence-corrected chi connectivity index (χ2v) is 9.90. The molecule has 3 N–H and O–H groups in total. The van der Waals surface area contributed by atoms with Crippen molar-refractivity contribution >= 4 is 23.2 Å². The maximum Gasteiger partial charge on any atom is 0.416 e. The molecule has 3 aliphatic rings.